The van der Waals surface area contributed by atoms with E-state index < -0.39 is 29.8 Å². The number of hydrogen-bond donors (Lipinski definition) is 2. The first-order chi connectivity index (χ1) is 21.7. The highest BCUT2D eigenvalue weighted by Gasteiger charge is 2.39. The van der Waals surface area contributed by atoms with Crippen LogP contribution in [0.3, 0.4) is 0 Å². The maximum Gasteiger partial charge on any atom is 0.257 e. The average molecular weight is 635 g/mol. The molecule has 5 rings (SSSR count). The number of halogens is 2. The lowest BCUT2D eigenvalue weighted by Crippen LogP contribution is -2.41. The Balaban J connectivity index is 1.58. The highest BCUT2D eigenvalue weighted by Crippen LogP contribution is 2.45. The summed E-state index contributed by atoms with van der Waals surface area (Å²) < 4.78 is 37.1. The second-order valence-electron chi connectivity index (χ2n) is 10.3. The Kier molecular flexibility index (Phi) is 9.75. The zero-order valence-corrected chi connectivity index (χ0v) is 25.6. The second-order valence-corrected chi connectivity index (χ2v) is 10.7. The number of fused-ring (bicyclic) bond motifs is 1. The molecule has 1 aliphatic heterocycles. The fraction of sp³-hybridized carbons (Fsp3) is 0.235. The number of nitrogens with zero attached hydrogens (tertiary/aromatic N) is 1. The molecule has 1 aliphatic rings. The third kappa shape index (κ3) is 6.82. The van der Waals surface area contributed by atoms with Crippen LogP contribution in [0.2, 0.25) is 5.02 Å². The van der Waals surface area contributed by atoms with Crippen molar-refractivity contribution in [2.75, 3.05) is 26.2 Å². The number of amides is 2. The number of nitrogens with one attached hydrogen (secondary N) is 1. The van der Waals surface area contributed by atoms with Crippen molar-refractivity contribution in [2.45, 2.75) is 31.7 Å². The minimum absolute atomic E-state index is 0.0568. The number of carbonyl (C=O) groups is 2. The fourth-order valence-electron chi connectivity index (χ4n) is 5.31. The van der Waals surface area contributed by atoms with Crippen molar-refractivity contribution in [3.05, 3.63) is 112 Å². The third-order valence-corrected chi connectivity index (χ3v) is 7.78. The van der Waals surface area contributed by atoms with Crippen molar-refractivity contribution < 1.29 is 38.0 Å². The topological polar surface area (TPSA) is 107 Å². The van der Waals surface area contributed by atoms with Crippen LogP contribution in [0.5, 0.6) is 23.0 Å². The van der Waals surface area contributed by atoms with E-state index in [9.17, 15) is 19.1 Å². The van der Waals surface area contributed by atoms with Gasteiger partial charge in [-0.05, 0) is 42.5 Å². The molecule has 0 saturated heterocycles. The predicted octanol–water partition coefficient (Wildman–Crippen LogP) is 5.94. The molecule has 0 unspecified atom stereocenters. The quantitative estimate of drug-likeness (QED) is 0.222. The molecule has 0 saturated carbocycles. The first kappa shape index (κ1) is 31.6. The van der Waals surface area contributed by atoms with Gasteiger partial charge in [0.25, 0.3) is 5.91 Å². The smallest absolute Gasteiger partial charge is 0.257 e. The van der Waals surface area contributed by atoms with Gasteiger partial charge in [-0.3, -0.25) is 9.59 Å². The normalized spacial score (nSPS) is 16.0. The molecule has 2 atom stereocenters. The summed E-state index contributed by atoms with van der Waals surface area (Å²) in [5.41, 5.74) is 2.39. The number of hydrogen-bond acceptors (Lipinski definition) is 7. The van der Waals surface area contributed by atoms with Crippen LogP contribution in [-0.2, 0) is 27.4 Å². The minimum Gasteiger partial charge on any atom is -0.504 e. The van der Waals surface area contributed by atoms with Crippen LogP contribution >= 0.6 is 11.6 Å². The Bertz CT molecular complexity index is 1720. The van der Waals surface area contributed by atoms with E-state index in [0.29, 0.717) is 44.5 Å². The molecule has 0 spiro atoms. The molecule has 9 nitrogen and oxygen atoms in total. The fourth-order valence-corrected chi connectivity index (χ4v) is 5.49. The van der Waals surface area contributed by atoms with Crippen LogP contribution in [-0.4, -0.2) is 44.4 Å². The van der Waals surface area contributed by atoms with Crippen molar-refractivity contribution in [3.63, 3.8) is 0 Å². The lowest BCUT2D eigenvalue weighted by atomic mass is 9.97. The highest BCUT2D eigenvalue weighted by atomic mass is 35.5. The van der Waals surface area contributed by atoms with E-state index in [1.54, 1.807) is 73.8 Å². The van der Waals surface area contributed by atoms with E-state index in [0.717, 1.165) is 0 Å². The van der Waals surface area contributed by atoms with Crippen molar-refractivity contribution in [1.82, 2.24) is 5.32 Å². The Labute approximate surface area is 265 Å². The monoisotopic (exact) mass is 634 g/mol. The molecule has 0 aliphatic carbocycles. The summed E-state index contributed by atoms with van der Waals surface area (Å²) in [5, 5.41) is 13.7. The average Bonchev–Trinajstić information content (AvgIpc) is 3.14. The van der Waals surface area contributed by atoms with Crippen molar-refractivity contribution in [2.24, 2.45) is 0 Å². The van der Waals surface area contributed by atoms with Gasteiger partial charge in [0.1, 0.15) is 29.5 Å². The van der Waals surface area contributed by atoms with Crippen molar-refractivity contribution in [1.29, 1.82) is 0 Å². The number of methoxy groups -OCH3 is 3. The number of ether oxygens (including phenoxy) is 4. The van der Waals surface area contributed by atoms with Crippen LogP contribution in [0.1, 0.15) is 34.8 Å². The largest absolute Gasteiger partial charge is 0.504 e. The van der Waals surface area contributed by atoms with Gasteiger partial charge in [-0.2, -0.15) is 0 Å². The van der Waals surface area contributed by atoms with Gasteiger partial charge in [-0.25, -0.2) is 4.39 Å². The molecule has 0 radical (unpaired) electrons. The SMILES string of the molecule is COc1ccc(CN2C(=O)[C@H](CC(=O)NCc3ccccc3F)O[C@@H](c3cccc(O)c3OC)c3cc(Cl)ccc32)c(OC)c1. The Morgan fingerprint density at radius 2 is 1.76 bits per heavy atom. The first-order valence-corrected chi connectivity index (χ1v) is 14.4. The summed E-state index contributed by atoms with van der Waals surface area (Å²) in [6.07, 6.45) is -2.64. The zero-order valence-electron chi connectivity index (χ0n) is 24.9. The van der Waals surface area contributed by atoms with Crippen LogP contribution in [0.4, 0.5) is 10.1 Å². The maximum absolute atomic E-state index is 14.4. The summed E-state index contributed by atoms with van der Waals surface area (Å²) in [5.74, 6) is -0.390. The molecule has 234 valence electrons. The van der Waals surface area contributed by atoms with Gasteiger partial charge < -0.3 is 34.3 Å². The second kappa shape index (κ2) is 13.9. The maximum atomic E-state index is 14.4. The number of para-hydroxylation sites is 1. The van der Waals surface area contributed by atoms with Crippen LogP contribution in [0.15, 0.2) is 78.9 Å². The van der Waals surface area contributed by atoms with E-state index in [1.165, 1.54) is 31.3 Å². The van der Waals surface area contributed by atoms with E-state index in [1.807, 2.05) is 0 Å². The number of aromatic hydroxyl groups is 1. The number of rotatable bonds is 10. The number of benzene rings is 4. The predicted molar refractivity (Wildman–Crippen MR) is 166 cm³/mol. The van der Waals surface area contributed by atoms with Gasteiger partial charge >= 0.3 is 0 Å². The van der Waals surface area contributed by atoms with Gasteiger partial charge in [0.15, 0.2) is 11.5 Å². The molecule has 2 N–H and O–H groups in total. The Hall–Kier alpha value is -4.80. The van der Waals surface area contributed by atoms with Gasteiger partial charge in [-0.15, -0.1) is 0 Å². The van der Waals surface area contributed by atoms with Crippen LogP contribution in [0, 0.1) is 5.82 Å². The van der Waals surface area contributed by atoms with Crippen molar-refractivity contribution >= 4 is 29.1 Å². The van der Waals surface area contributed by atoms with Gasteiger partial charge in [0.2, 0.25) is 5.91 Å². The molecule has 1 heterocycles. The molecule has 0 fully saturated rings. The lowest BCUT2D eigenvalue weighted by Gasteiger charge is -2.26. The summed E-state index contributed by atoms with van der Waals surface area (Å²) in [6, 6.07) is 21.2. The molecule has 4 aromatic rings. The molecular formula is C34H32ClFN2O7. The molecule has 0 bridgehead atoms. The minimum atomic E-state index is -1.29. The van der Waals surface area contributed by atoms with E-state index in [-0.39, 0.29) is 31.0 Å². The number of carbonyl (C=O) groups excluding carboxylic acids is 2. The first-order valence-electron chi connectivity index (χ1n) is 14.1. The van der Waals surface area contributed by atoms with Gasteiger partial charge in [-0.1, -0.05) is 41.9 Å². The van der Waals surface area contributed by atoms with E-state index in [4.69, 9.17) is 30.5 Å². The van der Waals surface area contributed by atoms with Gasteiger partial charge in [0.05, 0.1) is 40.0 Å². The third-order valence-electron chi connectivity index (χ3n) is 7.54. The Morgan fingerprint density at radius 1 is 0.956 bits per heavy atom. The Morgan fingerprint density at radius 3 is 2.49 bits per heavy atom. The number of anilines is 1. The highest BCUT2D eigenvalue weighted by molar-refractivity contribution is 6.30. The van der Waals surface area contributed by atoms with Crippen LogP contribution in [0.25, 0.3) is 0 Å². The molecule has 2 amide bonds. The molecule has 11 heteroatoms. The van der Waals surface area contributed by atoms with Crippen molar-refractivity contribution in [3.8, 4) is 23.0 Å². The number of phenols is 1. The number of phenolic OH excluding ortho intramolecular Hbond substituents is 1. The van der Waals surface area contributed by atoms with Crippen LogP contribution < -0.4 is 24.4 Å². The van der Waals surface area contributed by atoms with E-state index >= 15 is 0 Å². The molecule has 0 aromatic heterocycles. The van der Waals surface area contributed by atoms with Gasteiger partial charge in [0, 0.05) is 39.9 Å². The zero-order chi connectivity index (χ0) is 32.1. The summed E-state index contributed by atoms with van der Waals surface area (Å²) in [4.78, 5) is 29.1. The lowest BCUT2D eigenvalue weighted by molar-refractivity contribution is -0.138. The standard InChI is InChI=1S/C34H32ClFN2O7/c1-42-23-13-11-21(29(16-23)43-2)19-38-27-14-12-22(35)15-25(27)32(24-8-6-10-28(39)33(24)44-3)45-30(34(38)41)17-31(40)37-18-20-7-4-5-9-26(20)36/h4-16,30,32,39H,17-19H2,1-3H3,(H,37,40)/t30-,32-/m0/s1. The summed E-state index contributed by atoms with van der Waals surface area (Å²) >= 11 is 6.48. The van der Waals surface area contributed by atoms with E-state index in [2.05, 4.69) is 5.32 Å². The molecular weight excluding hydrogens is 603 g/mol. The molecule has 45 heavy (non-hydrogen) atoms. The summed E-state index contributed by atoms with van der Waals surface area (Å²) in [6.45, 7) is -0.0138. The molecule has 4 aromatic carbocycles. The summed E-state index contributed by atoms with van der Waals surface area (Å²) in [7, 11) is 4.48.